The van der Waals surface area contributed by atoms with Gasteiger partial charge in [0, 0.05) is 5.56 Å². The maximum absolute atomic E-state index is 12.0. The van der Waals surface area contributed by atoms with Gasteiger partial charge in [-0.1, -0.05) is 34.1 Å². The molecule has 0 aliphatic heterocycles. The Hall–Kier alpha value is -3.46. The summed E-state index contributed by atoms with van der Waals surface area (Å²) in [5.74, 6) is 0.471. The van der Waals surface area contributed by atoms with Crippen LogP contribution in [0, 0.1) is 0 Å². The number of tetrazole rings is 1. The Labute approximate surface area is 152 Å². The first-order chi connectivity index (χ1) is 12.6. The predicted molar refractivity (Wildman–Crippen MR) is 94.9 cm³/mol. The largest absolute Gasteiger partial charge is 0.458 e. The highest BCUT2D eigenvalue weighted by molar-refractivity contribution is 6.33. The first-order valence-corrected chi connectivity index (χ1v) is 7.72. The molecule has 10 heteroatoms. The van der Waals surface area contributed by atoms with E-state index in [1.165, 1.54) is 12.3 Å². The SMILES string of the molecule is C=CCOC(=O)c1cc(-c2ccc(/C=N/n3nnnc3N)o2)ccc1Cl. The lowest BCUT2D eigenvalue weighted by atomic mass is 10.1. The summed E-state index contributed by atoms with van der Waals surface area (Å²) >= 11 is 6.07. The van der Waals surface area contributed by atoms with Crippen molar-refractivity contribution in [2.24, 2.45) is 5.10 Å². The third-order valence-electron chi connectivity index (χ3n) is 3.20. The van der Waals surface area contributed by atoms with Crippen LogP contribution >= 0.6 is 11.6 Å². The number of esters is 1. The van der Waals surface area contributed by atoms with E-state index in [1.807, 2.05) is 0 Å². The van der Waals surface area contributed by atoms with Crippen LogP contribution < -0.4 is 5.73 Å². The van der Waals surface area contributed by atoms with Crippen molar-refractivity contribution in [3.05, 3.63) is 59.3 Å². The van der Waals surface area contributed by atoms with E-state index in [4.69, 9.17) is 26.5 Å². The molecule has 0 atom stereocenters. The fourth-order valence-electron chi connectivity index (χ4n) is 2.01. The lowest BCUT2D eigenvalue weighted by Gasteiger charge is -2.06. The van der Waals surface area contributed by atoms with Crippen molar-refractivity contribution in [1.29, 1.82) is 0 Å². The lowest BCUT2D eigenvalue weighted by Crippen LogP contribution is -2.05. The molecule has 2 N–H and O–H groups in total. The number of carbonyl (C=O) groups is 1. The number of ether oxygens (including phenoxy) is 1. The zero-order chi connectivity index (χ0) is 18.5. The maximum Gasteiger partial charge on any atom is 0.339 e. The van der Waals surface area contributed by atoms with E-state index in [0.717, 1.165) is 4.79 Å². The molecule has 132 valence electrons. The lowest BCUT2D eigenvalue weighted by molar-refractivity contribution is 0.0550. The molecule has 9 nitrogen and oxygen atoms in total. The molecular formula is C16H13ClN6O3. The van der Waals surface area contributed by atoms with E-state index in [9.17, 15) is 4.79 Å². The van der Waals surface area contributed by atoms with Crippen molar-refractivity contribution in [2.45, 2.75) is 0 Å². The van der Waals surface area contributed by atoms with E-state index in [0.29, 0.717) is 17.1 Å². The van der Waals surface area contributed by atoms with Crippen LogP contribution in [0.15, 0.2) is 52.5 Å². The van der Waals surface area contributed by atoms with E-state index in [1.54, 1.807) is 30.3 Å². The van der Waals surface area contributed by atoms with Crippen molar-refractivity contribution in [3.8, 4) is 11.3 Å². The van der Waals surface area contributed by atoms with E-state index >= 15 is 0 Å². The molecular weight excluding hydrogens is 360 g/mol. The Morgan fingerprint density at radius 2 is 2.27 bits per heavy atom. The minimum Gasteiger partial charge on any atom is -0.458 e. The van der Waals surface area contributed by atoms with Crippen LogP contribution in [0.1, 0.15) is 16.1 Å². The number of anilines is 1. The summed E-state index contributed by atoms with van der Waals surface area (Å²) in [7, 11) is 0. The van der Waals surface area contributed by atoms with Crippen molar-refractivity contribution >= 4 is 29.7 Å². The van der Waals surface area contributed by atoms with Gasteiger partial charge in [0.25, 0.3) is 5.95 Å². The van der Waals surface area contributed by atoms with Gasteiger partial charge in [0.1, 0.15) is 18.1 Å². The minimum absolute atomic E-state index is 0.0495. The molecule has 2 heterocycles. The molecule has 0 amide bonds. The Morgan fingerprint density at radius 3 is 3.00 bits per heavy atom. The van der Waals surface area contributed by atoms with Crippen LogP contribution in [0.3, 0.4) is 0 Å². The van der Waals surface area contributed by atoms with Crippen molar-refractivity contribution in [1.82, 2.24) is 20.3 Å². The third-order valence-corrected chi connectivity index (χ3v) is 3.53. The fourth-order valence-corrected chi connectivity index (χ4v) is 2.20. The highest BCUT2D eigenvalue weighted by Crippen LogP contribution is 2.27. The molecule has 0 bridgehead atoms. The van der Waals surface area contributed by atoms with Gasteiger partial charge in [-0.3, -0.25) is 0 Å². The summed E-state index contributed by atoms with van der Waals surface area (Å²) in [5.41, 5.74) is 6.40. The number of hydrogen-bond acceptors (Lipinski definition) is 8. The van der Waals surface area contributed by atoms with Gasteiger partial charge in [0.05, 0.1) is 16.8 Å². The van der Waals surface area contributed by atoms with Crippen LogP contribution in [0.5, 0.6) is 0 Å². The quantitative estimate of drug-likeness (QED) is 0.400. The number of hydrogen-bond donors (Lipinski definition) is 1. The standard InChI is InChI=1S/C16H13ClN6O3/c1-2-7-25-15(24)12-8-10(3-5-13(12)17)14-6-4-11(26-14)9-19-23-16(18)20-21-22-23/h2-6,8-9H,1,7H2,(H2,18,20,22)/b19-9+. The van der Waals surface area contributed by atoms with Crippen LogP contribution in [-0.2, 0) is 4.74 Å². The van der Waals surface area contributed by atoms with Crippen LogP contribution in [0.25, 0.3) is 11.3 Å². The molecule has 2 aromatic heterocycles. The molecule has 0 unspecified atom stereocenters. The highest BCUT2D eigenvalue weighted by atomic mass is 35.5. The fraction of sp³-hybridized carbons (Fsp3) is 0.0625. The first kappa shape index (κ1) is 17.4. The van der Waals surface area contributed by atoms with Gasteiger partial charge in [-0.2, -0.15) is 5.10 Å². The molecule has 3 rings (SSSR count). The van der Waals surface area contributed by atoms with Crippen molar-refractivity contribution < 1.29 is 13.9 Å². The summed E-state index contributed by atoms with van der Waals surface area (Å²) in [5, 5.41) is 14.7. The predicted octanol–water partition coefficient (Wildman–Crippen LogP) is 2.39. The average Bonchev–Trinajstić information content (AvgIpc) is 3.27. The molecule has 0 fully saturated rings. The average molecular weight is 373 g/mol. The van der Waals surface area contributed by atoms with Crippen molar-refractivity contribution in [2.75, 3.05) is 12.3 Å². The van der Waals surface area contributed by atoms with E-state index in [2.05, 4.69) is 27.2 Å². The van der Waals surface area contributed by atoms with Crippen LogP contribution in [0.4, 0.5) is 5.95 Å². The number of furan rings is 1. The van der Waals surface area contributed by atoms with Gasteiger partial charge in [0.15, 0.2) is 0 Å². The summed E-state index contributed by atoms with van der Waals surface area (Å²) in [6.45, 7) is 3.60. The minimum atomic E-state index is -0.542. The zero-order valence-electron chi connectivity index (χ0n) is 13.4. The first-order valence-electron chi connectivity index (χ1n) is 7.34. The molecule has 0 aliphatic rings. The van der Waals surface area contributed by atoms with Gasteiger partial charge in [0.2, 0.25) is 0 Å². The number of nitrogens with zero attached hydrogens (tertiary/aromatic N) is 5. The Balaban J connectivity index is 1.83. The normalized spacial score (nSPS) is 11.0. The number of nitrogen functional groups attached to an aromatic ring is 1. The number of rotatable bonds is 6. The van der Waals surface area contributed by atoms with Crippen LogP contribution in [-0.4, -0.2) is 39.1 Å². The highest BCUT2D eigenvalue weighted by Gasteiger charge is 2.14. The second kappa shape index (κ2) is 7.62. The monoisotopic (exact) mass is 372 g/mol. The molecule has 0 radical (unpaired) electrons. The topological polar surface area (TPSA) is 121 Å². The second-order valence-electron chi connectivity index (χ2n) is 4.95. The molecule has 0 saturated heterocycles. The molecule has 0 spiro atoms. The number of aromatic nitrogens is 4. The zero-order valence-corrected chi connectivity index (χ0v) is 14.1. The van der Waals surface area contributed by atoms with Gasteiger partial charge < -0.3 is 14.9 Å². The summed E-state index contributed by atoms with van der Waals surface area (Å²) in [6, 6.07) is 8.34. The molecule has 1 aromatic carbocycles. The number of halogens is 1. The molecule has 3 aromatic rings. The second-order valence-corrected chi connectivity index (χ2v) is 5.36. The number of carbonyl (C=O) groups excluding carboxylic acids is 1. The Morgan fingerprint density at radius 1 is 1.42 bits per heavy atom. The van der Waals surface area contributed by atoms with Crippen LogP contribution in [0.2, 0.25) is 5.02 Å². The van der Waals surface area contributed by atoms with Gasteiger partial charge >= 0.3 is 5.97 Å². The molecule has 26 heavy (non-hydrogen) atoms. The van der Waals surface area contributed by atoms with Gasteiger partial charge in [-0.05, 0) is 40.8 Å². The Kier molecular flexibility index (Phi) is 5.09. The van der Waals surface area contributed by atoms with E-state index in [-0.39, 0.29) is 23.1 Å². The van der Waals surface area contributed by atoms with Gasteiger partial charge in [-0.25, -0.2) is 4.79 Å². The molecule has 0 aliphatic carbocycles. The Bertz CT molecular complexity index is 978. The number of benzene rings is 1. The van der Waals surface area contributed by atoms with E-state index < -0.39 is 5.97 Å². The smallest absolute Gasteiger partial charge is 0.339 e. The number of nitrogens with two attached hydrogens (primary N) is 1. The molecule has 0 saturated carbocycles. The summed E-state index contributed by atoms with van der Waals surface area (Å²) in [6.07, 6.45) is 2.89. The third kappa shape index (κ3) is 3.78. The summed E-state index contributed by atoms with van der Waals surface area (Å²) in [4.78, 5) is 13.1. The maximum atomic E-state index is 12.0. The van der Waals surface area contributed by atoms with Crippen molar-refractivity contribution in [3.63, 3.8) is 0 Å². The summed E-state index contributed by atoms with van der Waals surface area (Å²) < 4.78 is 10.7. The van der Waals surface area contributed by atoms with Gasteiger partial charge in [-0.15, -0.1) is 0 Å².